The number of hydrogen-bond acceptors (Lipinski definition) is 5. The molecule has 80 valence electrons. The van der Waals surface area contributed by atoms with Gasteiger partial charge in [0.2, 0.25) is 0 Å². The van der Waals surface area contributed by atoms with Gasteiger partial charge in [0.05, 0.1) is 11.8 Å². The van der Waals surface area contributed by atoms with Crippen LogP contribution in [0.4, 0.5) is 0 Å². The molecule has 6 nitrogen and oxygen atoms in total. The maximum absolute atomic E-state index is 11.3. The van der Waals surface area contributed by atoms with E-state index in [0.29, 0.717) is 0 Å². The molecule has 0 unspecified atom stereocenters. The zero-order valence-electron chi connectivity index (χ0n) is 7.77. The number of amides is 1. The SMILES string of the molecule is O=C([O-])CCNC(=O)c1cncc(O)c1. The van der Waals surface area contributed by atoms with Crippen LogP contribution in [0.15, 0.2) is 18.5 Å². The molecule has 0 bridgehead atoms. The fraction of sp³-hybridized carbons (Fsp3) is 0.222. The zero-order chi connectivity index (χ0) is 11.3. The Hall–Kier alpha value is -2.11. The van der Waals surface area contributed by atoms with E-state index >= 15 is 0 Å². The third kappa shape index (κ3) is 3.63. The Morgan fingerprint density at radius 3 is 2.80 bits per heavy atom. The molecule has 0 aliphatic rings. The van der Waals surface area contributed by atoms with E-state index in [4.69, 9.17) is 5.11 Å². The number of aromatic nitrogens is 1. The van der Waals surface area contributed by atoms with Gasteiger partial charge in [0.15, 0.2) is 0 Å². The molecular formula is C9H9N2O4-. The van der Waals surface area contributed by atoms with Gasteiger partial charge in [-0.3, -0.25) is 9.78 Å². The number of nitrogens with one attached hydrogen (secondary N) is 1. The number of carbonyl (C=O) groups excluding carboxylic acids is 2. The molecule has 15 heavy (non-hydrogen) atoms. The van der Waals surface area contributed by atoms with Crippen LogP contribution in [0, 0.1) is 0 Å². The van der Waals surface area contributed by atoms with E-state index in [9.17, 15) is 14.7 Å². The summed E-state index contributed by atoms with van der Waals surface area (Å²) in [6.45, 7) is -0.0170. The smallest absolute Gasteiger partial charge is 0.252 e. The molecule has 0 spiro atoms. The topological polar surface area (TPSA) is 102 Å². The summed E-state index contributed by atoms with van der Waals surface area (Å²) in [7, 11) is 0. The van der Waals surface area contributed by atoms with Crippen LogP contribution < -0.4 is 10.4 Å². The second kappa shape index (κ2) is 4.94. The summed E-state index contributed by atoms with van der Waals surface area (Å²) >= 11 is 0. The normalized spacial score (nSPS) is 9.60. The van der Waals surface area contributed by atoms with Gasteiger partial charge in [0.1, 0.15) is 5.75 Å². The first-order valence-electron chi connectivity index (χ1n) is 4.21. The maximum atomic E-state index is 11.3. The van der Waals surface area contributed by atoms with Gasteiger partial charge in [-0.05, 0) is 6.07 Å². The number of carboxylic acids is 1. The first-order chi connectivity index (χ1) is 7.09. The van der Waals surface area contributed by atoms with Gasteiger partial charge in [0.25, 0.3) is 5.91 Å². The van der Waals surface area contributed by atoms with Crippen molar-refractivity contribution in [2.24, 2.45) is 0 Å². The Bertz CT molecular complexity index is 378. The van der Waals surface area contributed by atoms with Crippen LogP contribution >= 0.6 is 0 Å². The molecule has 6 heteroatoms. The van der Waals surface area contributed by atoms with Crippen LogP contribution in [0.3, 0.4) is 0 Å². The molecule has 0 atom stereocenters. The summed E-state index contributed by atoms with van der Waals surface area (Å²) in [6.07, 6.45) is 2.21. The monoisotopic (exact) mass is 209 g/mol. The van der Waals surface area contributed by atoms with Gasteiger partial charge < -0.3 is 20.3 Å². The number of rotatable bonds is 4. The van der Waals surface area contributed by atoms with E-state index in [1.54, 1.807) is 0 Å². The molecule has 1 aromatic rings. The van der Waals surface area contributed by atoms with E-state index in [1.165, 1.54) is 18.5 Å². The second-order valence-corrected chi connectivity index (χ2v) is 2.81. The molecule has 0 fully saturated rings. The van der Waals surface area contributed by atoms with E-state index in [-0.39, 0.29) is 24.3 Å². The van der Waals surface area contributed by atoms with E-state index in [0.717, 1.165) is 0 Å². The third-order valence-corrected chi connectivity index (χ3v) is 1.60. The lowest BCUT2D eigenvalue weighted by atomic mass is 10.2. The van der Waals surface area contributed by atoms with Gasteiger partial charge in [-0.25, -0.2) is 0 Å². The lowest BCUT2D eigenvalue weighted by Gasteiger charge is -2.05. The van der Waals surface area contributed by atoms with E-state index < -0.39 is 11.9 Å². The minimum atomic E-state index is -1.23. The van der Waals surface area contributed by atoms with Gasteiger partial charge >= 0.3 is 0 Å². The molecule has 1 amide bonds. The van der Waals surface area contributed by atoms with Crippen LogP contribution in [-0.4, -0.2) is 28.5 Å². The minimum Gasteiger partial charge on any atom is -0.550 e. The van der Waals surface area contributed by atoms with Crippen molar-refractivity contribution in [3.63, 3.8) is 0 Å². The molecule has 0 aromatic carbocycles. The quantitative estimate of drug-likeness (QED) is 0.638. The Morgan fingerprint density at radius 2 is 2.20 bits per heavy atom. The first-order valence-corrected chi connectivity index (χ1v) is 4.21. The predicted molar refractivity (Wildman–Crippen MR) is 47.9 cm³/mol. The zero-order valence-corrected chi connectivity index (χ0v) is 7.77. The van der Waals surface area contributed by atoms with Crippen LogP contribution in [-0.2, 0) is 4.79 Å². The predicted octanol–water partition coefficient (Wildman–Crippen LogP) is -1.34. The Morgan fingerprint density at radius 1 is 1.47 bits per heavy atom. The second-order valence-electron chi connectivity index (χ2n) is 2.81. The molecule has 0 aliphatic carbocycles. The standard InChI is InChI=1S/C9H10N2O4/c12-7-3-6(4-10-5-7)9(15)11-2-1-8(13)14/h3-5,12H,1-2H2,(H,11,15)(H,13,14)/p-1. The molecule has 0 aliphatic heterocycles. The molecule has 0 radical (unpaired) electrons. The highest BCUT2D eigenvalue weighted by atomic mass is 16.4. The number of pyridine rings is 1. The Balaban J connectivity index is 2.50. The van der Waals surface area contributed by atoms with Crippen molar-refractivity contribution in [2.45, 2.75) is 6.42 Å². The summed E-state index contributed by atoms with van der Waals surface area (Å²) < 4.78 is 0. The number of carboxylic acid groups (broad SMARTS) is 1. The Kier molecular flexibility index (Phi) is 3.61. The highest BCUT2D eigenvalue weighted by Gasteiger charge is 2.05. The number of aliphatic carboxylic acids is 1. The lowest BCUT2D eigenvalue weighted by molar-refractivity contribution is -0.305. The molecule has 1 aromatic heterocycles. The van der Waals surface area contributed by atoms with Crippen LogP contribution in [0.1, 0.15) is 16.8 Å². The molecular weight excluding hydrogens is 200 g/mol. The van der Waals surface area contributed by atoms with Crippen molar-refractivity contribution < 1.29 is 19.8 Å². The van der Waals surface area contributed by atoms with E-state index in [1.807, 2.05) is 0 Å². The van der Waals surface area contributed by atoms with Gasteiger partial charge in [-0.2, -0.15) is 0 Å². The molecule has 0 saturated carbocycles. The number of aromatic hydroxyl groups is 1. The summed E-state index contributed by atoms with van der Waals surface area (Å²) in [6, 6.07) is 1.24. The maximum Gasteiger partial charge on any atom is 0.252 e. The van der Waals surface area contributed by atoms with Crippen LogP contribution in [0.25, 0.3) is 0 Å². The summed E-state index contributed by atoms with van der Waals surface area (Å²) in [5.74, 6) is -1.84. The fourth-order valence-corrected chi connectivity index (χ4v) is 0.932. The number of hydrogen-bond donors (Lipinski definition) is 2. The average molecular weight is 209 g/mol. The first kappa shape index (κ1) is 11.0. The number of nitrogens with zero attached hydrogens (tertiary/aromatic N) is 1. The van der Waals surface area contributed by atoms with Crippen molar-refractivity contribution in [1.29, 1.82) is 0 Å². The van der Waals surface area contributed by atoms with Crippen molar-refractivity contribution >= 4 is 11.9 Å². The summed E-state index contributed by atoms with van der Waals surface area (Å²) in [4.78, 5) is 25.0. The summed E-state index contributed by atoms with van der Waals surface area (Å²) in [5.41, 5.74) is 0.174. The molecule has 0 saturated heterocycles. The van der Waals surface area contributed by atoms with Crippen molar-refractivity contribution in [3.8, 4) is 5.75 Å². The summed E-state index contributed by atoms with van der Waals surface area (Å²) in [5, 5.41) is 21.4. The minimum absolute atomic E-state index is 0.0170. The van der Waals surface area contributed by atoms with Gasteiger partial charge in [-0.1, -0.05) is 0 Å². The van der Waals surface area contributed by atoms with Crippen molar-refractivity contribution in [1.82, 2.24) is 10.3 Å². The van der Waals surface area contributed by atoms with Gasteiger partial charge in [0, 0.05) is 25.1 Å². The highest BCUT2D eigenvalue weighted by molar-refractivity contribution is 5.94. The number of carbonyl (C=O) groups is 2. The van der Waals surface area contributed by atoms with Crippen molar-refractivity contribution in [2.75, 3.05) is 6.54 Å². The third-order valence-electron chi connectivity index (χ3n) is 1.60. The van der Waals surface area contributed by atoms with Crippen LogP contribution in [0.5, 0.6) is 5.75 Å². The highest BCUT2D eigenvalue weighted by Crippen LogP contribution is 2.07. The average Bonchev–Trinajstić information content (AvgIpc) is 2.17. The molecule has 1 heterocycles. The Labute approximate surface area is 85.6 Å². The van der Waals surface area contributed by atoms with Gasteiger partial charge in [-0.15, -0.1) is 0 Å². The van der Waals surface area contributed by atoms with Crippen LogP contribution in [0.2, 0.25) is 0 Å². The van der Waals surface area contributed by atoms with E-state index in [2.05, 4.69) is 10.3 Å². The largest absolute Gasteiger partial charge is 0.550 e. The lowest BCUT2D eigenvalue weighted by Crippen LogP contribution is -2.31. The van der Waals surface area contributed by atoms with Crippen molar-refractivity contribution in [3.05, 3.63) is 24.0 Å². The molecule has 2 N–H and O–H groups in total. The fourth-order valence-electron chi connectivity index (χ4n) is 0.932. The molecule has 1 rings (SSSR count).